The Morgan fingerprint density at radius 3 is 2.67 bits per heavy atom. The number of benzene rings is 1. The van der Waals surface area contributed by atoms with Gasteiger partial charge in [-0.2, -0.15) is 13.2 Å². The summed E-state index contributed by atoms with van der Waals surface area (Å²) in [6.07, 6.45) is -3.59. The lowest BCUT2D eigenvalue weighted by molar-refractivity contribution is -0.173. The number of H-pyrrole nitrogens is 1. The van der Waals surface area contributed by atoms with Gasteiger partial charge in [0.05, 0.1) is 29.6 Å². The highest BCUT2D eigenvalue weighted by Crippen LogP contribution is 2.39. The molecule has 6 nitrogen and oxygen atoms in total. The van der Waals surface area contributed by atoms with E-state index in [1.807, 2.05) is 11.4 Å². The normalized spacial score (nSPS) is 11.3. The maximum atomic E-state index is 12.4. The van der Waals surface area contributed by atoms with E-state index in [0.29, 0.717) is 22.3 Å². The molecular formula is C17H12F3N5OS. The third-order valence-electron chi connectivity index (χ3n) is 3.87. The van der Waals surface area contributed by atoms with E-state index in [0.717, 1.165) is 0 Å². The highest BCUT2D eigenvalue weighted by Gasteiger charge is 2.38. The Morgan fingerprint density at radius 1 is 1.33 bits per heavy atom. The van der Waals surface area contributed by atoms with Crippen molar-refractivity contribution in [3.63, 3.8) is 0 Å². The molecule has 0 fully saturated rings. The first-order valence-corrected chi connectivity index (χ1v) is 8.13. The van der Waals surface area contributed by atoms with Crippen LogP contribution in [0.4, 0.5) is 18.9 Å². The molecule has 0 aliphatic carbocycles. The molecule has 1 aromatic carbocycles. The van der Waals surface area contributed by atoms with Gasteiger partial charge >= 0.3 is 12.1 Å². The van der Waals surface area contributed by atoms with E-state index in [2.05, 4.69) is 14.8 Å². The number of alkyl halides is 3. The molecule has 3 rings (SSSR count). The fraction of sp³-hybridized carbons (Fsp3) is 0.176. The topological polar surface area (TPSA) is 67.1 Å². The summed E-state index contributed by atoms with van der Waals surface area (Å²) < 4.78 is 39.0. The van der Waals surface area contributed by atoms with Crippen molar-refractivity contribution in [1.29, 1.82) is 0 Å². The van der Waals surface area contributed by atoms with E-state index in [1.54, 1.807) is 28.8 Å². The monoisotopic (exact) mass is 391 g/mol. The number of amides is 1. The Kier molecular flexibility index (Phi) is 4.96. The molecule has 3 aromatic rings. The molecule has 2 N–H and O–H groups in total. The van der Waals surface area contributed by atoms with E-state index in [9.17, 15) is 18.0 Å². The Bertz CT molecular complexity index is 1100. The quantitative estimate of drug-likeness (QED) is 0.522. The summed E-state index contributed by atoms with van der Waals surface area (Å²) in [6, 6.07) is 8.94. The molecular weight excluding hydrogens is 379 g/mol. The van der Waals surface area contributed by atoms with Crippen LogP contribution in [0.1, 0.15) is 0 Å². The second kappa shape index (κ2) is 7.20. The lowest BCUT2D eigenvalue weighted by atomic mass is 10.1. The van der Waals surface area contributed by atoms with Crippen molar-refractivity contribution < 1.29 is 18.0 Å². The maximum Gasteiger partial charge on any atom is 0.471 e. The molecule has 10 heteroatoms. The van der Waals surface area contributed by atoms with Crippen molar-refractivity contribution in [3.05, 3.63) is 52.7 Å². The molecule has 0 unspecified atom stereocenters. The number of nitrogens with one attached hydrogen (secondary N) is 2. The van der Waals surface area contributed by atoms with Gasteiger partial charge < -0.3 is 14.9 Å². The molecule has 2 heterocycles. The van der Waals surface area contributed by atoms with Crippen LogP contribution >= 0.6 is 12.2 Å². The van der Waals surface area contributed by atoms with Gasteiger partial charge in [0.15, 0.2) is 4.64 Å². The first-order chi connectivity index (χ1) is 12.8. The Hall–Kier alpha value is -3.19. The largest absolute Gasteiger partial charge is 0.471 e. The number of carbonyl (C=O) groups excluding carboxylic acids is 1. The van der Waals surface area contributed by atoms with Crippen molar-refractivity contribution in [2.45, 2.75) is 12.7 Å². The number of hydrogen-bond acceptors (Lipinski definition) is 3. The second-order valence-electron chi connectivity index (χ2n) is 5.51. The fourth-order valence-electron chi connectivity index (χ4n) is 2.78. The minimum absolute atomic E-state index is 0.0127. The Labute approximate surface area is 156 Å². The predicted octanol–water partition coefficient (Wildman–Crippen LogP) is 3.99. The molecule has 0 saturated carbocycles. The Balaban J connectivity index is 2.11. The van der Waals surface area contributed by atoms with Crippen LogP contribution in [0, 0.1) is 11.2 Å². The van der Waals surface area contributed by atoms with Crippen LogP contribution in [0.2, 0.25) is 0 Å². The number of aromatic amines is 1. The fourth-order valence-corrected chi connectivity index (χ4v) is 3.05. The van der Waals surface area contributed by atoms with E-state index >= 15 is 0 Å². The van der Waals surface area contributed by atoms with Crippen LogP contribution in [-0.4, -0.2) is 33.2 Å². The molecule has 0 saturated heterocycles. The number of nitrogens with zero attached hydrogens (tertiary/aromatic N) is 3. The van der Waals surface area contributed by atoms with Gasteiger partial charge in [-0.1, -0.05) is 42.5 Å². The van der Waals surface area contributed by atoms with Gasteiger partial charge in [-0.25, -0.2) is 9.83 Å². The van der Waals surface area contributed by atoms with E-state index in [-0.39, 0.29) is 23.4 Å². The molecule has 0 radical (unpaired) electrons. The second-order valence-corrected chi connectivity index (χ2v) is 5.90. The minimum Gasteiger partial charge on any atom is -0.354 e. The van der Waals surface area contributed by atoms with Gasteiger partial charge in [-0.3, -0.25) is 4.79 Å². The summed E-state index contributed by atoms with van der Waals surface area (Å²) in [7, 11) is 0. The number of halogens is 3. The average Bonchev–Trinajstić information content (AvgIpc) is 2.96. The lowest BCUT2D eigenvalue weighted by Crippen LogP contribution is -2.38. The van der Waals surface area contributed by atoms with Crippen LogP contribution in [0.15, 0.2) is 36.7 Å². The predicted molar refractivity (Wildman–Crippen MR) is 95.7 cm³/mol. The van der Waals surface area contributed by atoms with Crippen LogP contribution < -0.4 is 5.32 Å². The van der Waals surface area contributed by atoms with Crippen LogP contribution in [0.25, 0.3) is 27.1 Å². The summed E-state index contributed by atoms with van der Waals surface area (Å²) in [5, 5.41) is 1.83. The smallest absolute Gasteiger partial charge is 0.354 e. The van der Waals surface area contributed by atoms with Crippen molar-refractivity contribution in [3.8, 4) is 11.3 Å². The minimum atomic E-state index is -4.96. The number of hydrogen-bond donors (Lipinski definition) is 2. The lowest BCUT2D eigenvalue weighted by Gasteiger charge is -2.13. The van der Waals surface area contributed by atoms with Crippen LogP contribution in [-0.2, 0) is 11.3 Å². The standard InChI is InChI=1S/C17H12F3N5OS/c1-21-11-12-14(15(27)24-9-23-12)25(8-7-22-16(26)17(18,19)20)13(11)10-5-3-2-4-6-10/h2-6,9H,7-8H2,(H,22,26)(H,23,24,27). The van der Waals surface area contributed by atoms with Crippen molar-refractivity contribution in [1.82, 2.24) is 19.9 Å². The highest BCUT2D eigenvalue weighted by molar-refractivity contribution is 7.71. The maximum absolute atomic E-state index is 12.4. The summed E-state index contributed by atoms with van der Waals surface area (Å²) in [5.41, 5.74) is 2.36. The number of rotatable bonds is 4. The van der Waals surface area contributed by atoms with Gasteiger partial charge in [0, 0.05) is 13.1 Å². The number of fused-ring (bicyclic) bond motifs is 1. The molecule has 2 aromatic heterocycles. The first-order valence-electron chi connectivity index (χ1n) is 7.72. The summed E-state index contributed by atoms with van der Waals surface area (Å²) in [4.78, 5) is 21.5. The summed E-state index contributed by atoms with van der Waals surface area (Å²) in [6.45, 7) is 7.24. The zero-order valence-electron chi connectivity index (χ0n) is 13.7. The van der Waals surface area contributed by atoms with Gasteiger partial charge in [0.1, 0.15) is 0 Å². The Morgan fingerprint density at radius 2 is 2.04 bits per heavy atom. The number of carbonyl (C=O) groups is 1. The van der Waals surface area contributed by atoms with Gasteiger partial charge in [-0.05, 0) is 5.56 Å². The third-order valence-corrected chi connectivity index (χ3v) is 4.17. The van der Waals surface area contributed by atoms with Crippen LogP contribution in [0.3, 0.4) is 0 Å². The van der Waals surface area contributed by atoms with E-state index in [1.165, 1.54) is 6.33 Å². The zero-order chi connectivity index (χ0) is 19.6. The molecule has 1 amide bonds. The van der Waals surface area contributed by atoms with Gasteiger partial charge in [0.2, 0.25) is 5.69 Å². The first kappa shape index (κ1) is 18.6. The summed E-state index contributed by atoms with van der Waals surface area (Å²) in [5.74, 6) is -2.02. The zero-order valence-corrected chi connectivity index (χ0v) is 14.5. The third kappa shape index (κ3) is 3.54. The van der Waals surface area contributed by atoms with Crippen LogP contribution in [0.5, 0.6) is 0 Å². The van der Waals surface area contributed by atoms with Crippen molar-refractivity contribution >= 4 is 34.8 Å². The molecule has 0 bridgehead atoms. The van der Waals surface area contributed by atoms with E-state index in [4.69, 9.17) is 18.8 Å². The highest BCUT2D eigenvalue weighted by atomic mass is 32.1. The molecule has 0 aliphatic rings. The van der Waals surface area contributed by atoms with E-state index < -0.39 is 12.1 Å². The summed E-state index contributed by atoms with van der Waals surface area (Å²) >= 11 is 5.25. The molecule has 0 spiro atoms. The molecule has 27 heavy (non-hydrogen) atoms. The molecule has 0 atom stereocenters. The SMILES string of the molecule is [C-]#[N+]c1c(-c2ccccc2)n(CCNC(=O)C(F)(F)F)c2c(=S)nc[nH]c12. The van der Waals surface area contributed by atoms with Crippen molar-refractivity contribution in [2.24, 2.45) is 0 Å². The van der Waals surface area contributed by atoms with Crippen molar-refractivity contribution in [2.75, 3.05) is 6.54 Å². The van der Waals surface area contributed by atoms with Gasteiger partial charge in [0.25, 0.3) is 0 Å². The average molecular weight is 391 g/mol. The molecule has 0 aliphatic heterocycles. The number of aromatic nitrogens is 3. The molecule has 138 valence electrons. The van der Waals surface area contributed by atoms with Gasteiger partial charge in [-0.15, -0.1) is 0 Å².